The Bertz CT molecular complexity index is 239. The fraction of sp³-hybridized carbons (Fsp3) is 1.00. The average Bonchev–Trinajstić information content (AvgIpc) is 2.67. The van der Waals surface area contributed by atoms with Crippen LogP contribution in [0.3, 0.4) is 0 Å². The fourth-order valence-corrected chi connectivity index (χ4v) is 6.12. The van der Waals surface area contributed by atoms with Crippen LogP contribution in [0.15, 0.2) is 0 Å². The van der Waals surface area contributed by atoms with Crippen molar-refractivity contribution in [1.82, 2.24) is 0 Å². The Hall–Kier alpha value is 2.77. The van der Waals surface area contributed by atoms with Crippen molar-refractivity contribution in [2.45, 2.75) is 157 Å². The normalized spacial score (nSPS) is 19.3. The van der Waals surface area contributed by atoms with Gasteiger partial charge in [-0.25, -0.2) is 0 Å². The van der Waals surface area contributed by atoms with Gasteiger partial charge in [-0.1, -0.05) is 122 Å². The maximum Gasteiger partial charge on any atom is 1.00 e. The molecule has 0 spiro atoms. The summed E-state index contributed by atoms with van der Waals surface area (Å²) in [7, 11) is 0. The van der Waals surface area contributed by atoms with Crippen molar-refractivity contribution < 1.29 is 80.9 Å². The van der Waals surface area contributed by atoms with E-state index in [0.29, 0.717) is 0 Å². The molecular formula is C24H56B2KNa. The van der Waals surface area contributed by atoms with Crippen LogP contribution in [0, 0.1) is 0 Å². The van der Waals surface area contributed by atoms with Crippen molar-refractivity contribution >= 4 is 13.4 Å². The summed E-state index contributed by atoms with van der Waals surface area (Å²) in [6.07, 6.45) is 8.22. The van der Waals surface area contributed by atoms with E-state index in [0.717, 1.165) is 34.9 Å². The summed E-state index contributed by atoms with van der Waals surface area (Å²) in [5.41, 5.74) is 0. The van der Waals surface area contributed by atoms with Crippen molar-refractivity contribution in [2.75, 3.05) is 0 Å². The van der Waals surface area contributed by atoms with E-state index in [4.69, 9.17) is 0 Å². The van der Waals surface area contributed by atoms with Gasteiger partial charge in [0.2, 0.25) is 0 Å². The minimum atomic E-state index is 0. The van der Waals surface area contributed by atoms with Crippen LogP contribution in [0.25, 0.3) is 0 Å². The molecule has 0 heterocycles. The first kappa shape index (κ1) is 38.0. The third-order valence-corrected chi connectivity index (χ3v) is 9.01. The van der Waals surface area contributed by atoms with Crippen LogP contribution >= 0.6 is 0 Å². The zero-order chi connectivity index (χ0) is 20.9. The van der Waals surface area contributed by atoms with Gasteiger partial charge < -0.3 is 0 Å². The molecule has 160 valence electrons. The number of hydrogen-bond acceptors (Lipinski definition) is 0. The molecule has 6 unspecified atom stereocenters. The third kappa shape index (κ3) is 14.8. The molecule has 0 aromatic carbocycles. The Morgan fingerprint density at radius 3 is 0.571 bits per heavy atom. The molecule has 0 amide bonds. The first-order valence-electron chi connectivity index (χ1n) is 12.6. The largest absolute Gasteiger partial charge is 1.00 e. The molecular weight excluding hydrogens is 372 g/mol. The predicted octanol–water partition coefficient (Wildman–Crippen LogP) is 3.24. The fourth-order valence-electron chi connectivity index (χ4n) is 6.12. The summed E-state index contributed by atoms with van der Waals surface area (Å²) in [5.74, 6) is 5.86. The summed E-state index contributed by atoms with van der Waals surface area (Å²) in [6.45, 7) is 28.9. The van der Waals surface area contributed by atoms with Crippen molar-refractivity contribution in [3.63, 3.8) is 0 Å². The van der Waals surface area contributed by atoms with Gasteiger partial charge in [-0.2, -0.15) is 34.9 Å². The van der Waals surface area contributed by atoms with E-state index in [1.165, 1.54) is 38.5 Å². The van der Waals surface area contributed by atoms with Crippen LogP contribution in [0.5, 0.6) is 0 Å². The Balaban J connectivity index is -0.000000192. The molecule has 0 radical (unpaired) electrons. The van der Waals surface area contributed by atoms with Crippen LogP contribution < -0.4 is 80.9 Å². The van der Waals surface area contributed by atoms with E-state index >= 15 is 0 Å². The molecule has 4 heteroatoms. The predicted molar refractivity (Wildman–Crippen MR) is 133 cm³/mol. The van der Waals surface area contributed by atoms with Gasteiger partial charge in [0, 0.05) is 0 Å². The minimum Gasteiger partial charge on any atom is -0.172 e. The molecule has 0 saturated heterocycles. The molecule has 0 bridgehead atoms. The molecule has 0 fully saturated rings. The summed E-state index contributed by atoms with van der Waals surface area (Å²) in [6, 6.07) is 0. The van der Waals surface area contributed by atoms with Gasteiger partial charge in [-0.05, 0) is 13.4 Å². The summed E-state index contributed by atoms with van der Waals surface area (Å²) in [5, 5.41) is 0. The Labute approximate surface area is 247 Å². The molecule has 0 aliphatic heterocycles. The van der Waals surface area contributed by atoms with Gasteiger partial charge in [-0.15, -0.1) is 0 Å². The molecule has 0 aromatic rings. The van der Waals surface area contributed by atoms with E-state index in [1.54, 1.807) is 0 Å². The Kier molecular flexibility index (Phi) is 31.2. The smallest absolute Gasteiger partial charge is 0.172 e. The molecule has 0 aliphatic rings. The van der Waals surface area contributed by atoms with Gasteiger partial charge in [0.15, 0.2) is 0 Å². The van der Waals surface area contributed by atoms with E-state index in [2.05, 4.69) is 83.1 Å². The quantitative estimate of drug-likeness (QED) is 0.419. The summed E-state index contributed by atoms with van der Waals surface area (Å²) < 4.78 is 0. The first-order valence-corrected chi connectivity index (χ1v) is 12.6. The van der Waals surface area contributed by atoms with Gasteiger partial charge in [-0.3, -0.25) is 0 Å². The van der Waals surface area contributed by atoms with Gasteiger partial charge in [0.25, 0.3) is 0 Å². The van der Waals surface area contributed by atoms with E-state index in [-0.39, 0.29) is 94.4 Å². The van der Waals surface area contributed by atoms with Crippen LogP contribution in [0.1, 0.15) is 122 Å². The molecule has 0 N–H and O–H groups in total. The third-order valence-electron chi connectivity index (χ3n) is 9.01. The molecule has 0 aliphatic carbocycles. The van der Waals surface area contributed by atoms with E-state index in [9.17, 15) is 0 Å². The zero-order valence-electron chi connectivity index (χ0n) is 23.1. The minimum absolute atomic E-state index is 0. The topological polar surface area (TPSA) is 0 Å². The van der Waals surface area contributed by atoms with Gasteiger partial charge in [0.05, 0.1) is 0 Å². The summed E-state index contributed by atoms with van der Waals surface area (Å²) in [4.78, 5) is 0. The van der Waals surface area contributed by atoms with Gasteiger partial charge in [0.1, 0.15) is 0 Å². The van der Waals surface area contributed by atoms with Crippen LogP contribution in [0.4, 0.5) is 0 Å². The molecule has 0 aromatic heterocycles. The number of rotatable bonds is 12. The number of hydrogen-bond donors (Lipinski definition) is 0. The molecule has 28 heavy (non-hydrogen) atoms. The first-order chi connectivity index (χ1) is 12.2. The Morgan fingerprint density at radius 1 is 0.393 bits per heavy atom. The maximum atomic E-state index is 2.46. The SMILES string of the molecule is CCC(C)[BH-](C(C)CC)C(C)CC.CCC(C)[BH-](C(C)CC)C(C)CC.[K+].[Na+]. The van der Waals surface area contributed by atoms with Gasteiger partial charge >= 0.3 is 80.9 Å². The standard InChI is InChI=1S/2C12H28B.K.Na/c2*1-7-10(4)13(11(5)8-2)12(6)9-3;;/h2*10-13H,7-9H2,1-6H3;;/q2*-1;2*+1. The van der Waals surface area contributed by atoms with Crippen LogP contribution in [0.2, 0.25) is 34.9 Å². The second-order valence-corrected chi connectivity index (χ2v) is 10.5. The average molecular weight is 428 g/mol. The molecule has 0 saturated carbocycles. The maximum absolute atomic E-state index is 2.46. The Morgan fingerprint density at radius 2 is 0.500 bits per heavy atom. The summed E-state index contributed by atoms with van der Waals surface area (Å²) >= 11 is 0. The molecule has 0 rings (SSSR count). The molecule has 6 atom stereocenters. The second-order valence-electron chi connectivity index (χ2n) is 10.5. The van der Waals surface area contributed by atoms with Crippen molar-refractivity contribution in [3.8, 4) is 0 Å². The van der Waals surface area contributed by atoms with Crippen molar-refractivity contribution in [2.24, 2.45) is 0 Å². The van der Waals surface area contributed by atoms with Crippen LogP contribution in [-0.2, 0) is 0 Å². The van der Waals surface area contributed by atoms with Crippen molar-refractivity contribution in [1.29, 1.82) is 0 Å². The molecule has 0 nitrogen and oxygen atoms in total. The van der Waals surface area contributed by atoms with Crippen LogP contribution in [-0.4, -0.2) is 13.4 Å². The van der Waals surface area contributed by atoms with E-state index in [1.807, 2.05) is 0 Å². The second kappa shape index (κ2) is 22.9. The van der Waals surface area contributed by atoms with E-state index < -0.39 is 0 Å². The van der Waals surface area contributed by atoms with Crippen molar-refractivity contribution in [3.05, 3.63) is 0 Å². The zero-order valence-corrected chi connectivity index (χ0v) is 28.2. The monoisotopic (exact) mass is 428 g/mol.